The molecule has 2 aromatic carbocycles. The van der Waals surface area contributed by atoms with Crippen molar-refractivity contribution >= 4 is 28.4 Å². The van der Waals surface area contributed by atoms with E-state index in [0.717, 1.165) is 85.3 Å². The molecule has 3 heterocycles. The summed E-state index contributed by atoms with van der Waals surface area (Å²) >= 11 is 0. The largest absolute Gasteiger partial charge is 0.369 e. The molecule has 7 nitrogen and oxygen atoms in total. The van der Waals surface area contributed by atoms with E-state index in [4.69, 9.17) is 9.97 Å². The monoisotopic (exact) mass is 522 g/mol. The summed E-state index contributed by atoms with van der Waals surface area (Å²) in [5.74, 6) is 0.519. The van der Waals surface area contributed by atoms with Gasteiger partial charge in [-0.05, 0) is 68.6 Å². The third kappa shape index (κ3) is 5.03. The lowest BCUT2D eigenvalue weighted by atomic mass is 9.93. The maximum absolute atomic E-state index is 14.1. The molecule has 202 valence electrons. The number of benzene rings is 2. The van der Waals surface area contributed by atoms with Gasteiger partial charge in [0.25, 0.3) is 5.56 Å². The van der Waals surface area contributed by atoms with Gasteiger partial charge in [0.1, 0.15) is 5.65 Å². The normalized spacial score (nSPS) is 17.1. The van der Waals surface area contributed by atoms with Crippen LogP contribution in [0.2, 0.25) is 0 Å². The first-order valence-corrected chi connectivity index (χ1v) is 14.3. The van der Waals surface area contributed by atoms with E-state index in [-0.39, 0.29) is 11.6 Å². The fraction of sp³-hybridized carbons (Fsp3) is 0.406. The predicted octanol–water partition coefficient (Wildman–Crippen LogP) is 6.08. The van der Waals surface area contributed by atoms with Gasteiger partial charge in [0.05, 0.1) is 5.56 Å². The predicted molar refractivity (Wildman–Crippen MR) is 160 cm³/mol. The lowest BCUT2D eigenvalue weighted by Crippen LogP contribution is -2.44. The highest BCUT2D eigenvalue weighted by Crippen LogP contribution is 2.33. The summed E-state index contributed by atoms with van der Waals surface area (Å²) in [6.07, 6.45) is 7.41. The van der Waals surface area contributed by atoms with Crippen LogP contribution in [-0.2, 0) is 0 Å². The van der Waals surface area contributed by atoms with E-state index in [2.05, 4.69) is 47.3 Å². The molecule has 0 unspecified atom stereocenters. The number of pyridine rings is 1. The smallest absolute Gasteiger partial charge is 0.260 e. The lowest BCUT2D eigenvalue weighted by Gasteiger charge is -2.35. The number of aromatic nitrogens is 3. The summed E-state index contributed by atoms with van der Waals surface area (Å²) < 4.78 is 1.97. The number of nitrogens with one attached hydrogen (secondary N) is 1. The third-order valence-electron chi connectivity index (χ3n) is 8.51. The van der Waals surface area contributed by atoms with Gasteiger partial charge in [-0.1, -0.05) is 49.6 Å². The van der Waals surface area contributed by atoms with Gasteiger partial charge in [-0.3, -0.25) is 9.36 Å². The molecule has 1 aliphatic heterocycles. The molecule has 2 aliphatic rings. The zero-order valence-electron chi connectivity index (χ0n) is 23.3. The number of hydrogen-bond acceptors (Lipinski definition) is 6. The molecule has 7 heteroatoms. The minimum Gasteiger partial charge on any atom is -0.369 e. The zero-order valence-corrected chi connectivity index (χ0v) is 23.3. The lowest BCUT2D eigenvalue weighted by molar-refractivity contribution is 0.312. The molecule has 0 bridgehead atoms. The Morgan fingerprint density at radius 1 is 0.923 bits per heavy atom. The second kappa shape index (κ2) is 10.8. The quantitative estimate of drug-likeness (QED) is 0.343. The van der Waals surface area contributed by atoms with Gasteiger partial charge in [0, 0.05) is 55.2 Å². The number of likely N-dealkylation sites (N-methyl/N-ethyl adjacent to an activating group) is 1. The zero-order chi connectivity index (χ0) is 26.9. The first kappa shape index (κ1) is 25.6. The molecule has 0 amide bonds. The number of aryl methyl sites for hydroxylation is 2. The average Bonchev–Trinajstić information content (AvgIpc) is 2.95. The summed E-state index contributed by atoms with van der Waals surface area (Å²) in [6.45, 7) is 8.43. The van der Waals surface area contributed by atoms with Crippen molar-refractivity contribution in [3.8, 4) is 11.1 Å². The fourth-order valence-electron chi connectivity index (χ4n) is 6.28. The van der Waals surface area contributed by atoms with Crippen LogP contribution in [0.3, 0.4) is 0 Å². The van der Waals surface area contributed by atoms with Crippen molar-refractivity contribution in [2.24, 2.45) is 0 Å². The van der Waals surface area contributed by atoms with Crippen LogP contribution < -0.4 is 15.8 Å². The van der Waals surface area contributed by atoms with E-state index in [0.29, 0.717) is 5.95 Å². The van der Waals surface area contributed by atoms with E-state index < -0.39 is 0 Å². The van der Waals surface area contributed by atoms with Crippen molar-refractivity contribution in [3.05, 3.63) is 76.2 Å². The van der Waals surface area contributed by atoms with Crippen LogP contribution in [0.15, 0.2) is 59.5 Å². The van der Waals surface area contributed by atoms with Crippen LogP contribution in [0.1, 0.15) is 49.3 Å². The highest BCUT2D eigenvalue weighted by molar-refractivity contribution is 5.87. The third-order valence-corrected chi connectivity index (χ3v) is 8.51. The molecule has 2 fully saturated rings. The minimum absolute atomic E-state index is 0.0510. The van der Waals surface area contributed by atoms with Crippen LogP contribution >= 0.6 is 0 Å². The summed E-state index contributed by atoms with van der Waals surface area (Å²) in [5, 5.41) is 4.36. The molecular formula is C32H38N6O. The van der Waals surface area contributed by atoms with Gasteiger partial charge in [-0.25, -0.2) is 4.98 Å². The van der Waals surface area contributed by atoms with Crippen LogP contribution in [-0.4, -0.2) is 52.7 Å². The Hall–Kier alpha value is -3.71. The molecule has 1 aliphatic carbocycles. The van der Waals surface area contributed by atoms with Gasteiger partial charge in [-0.2, -0.15) is 4.98 Å². The Bertz CT molecular complexity index is 1530. The highest BCUT2D eigenvalue weighted by Gasteiger charge is 2.24. The van der Waals surface area contributed by atoms with Crippen LogP contribution in [0.5, 0.6) is 0 Å². The Labute approximate surface area is 230 Å². The number of nitrogens with zero attached hydrogens (tertiary/aromatic N) is 5. The molecule has 39 heavy (non-hydrogen) atoms. The molecule has 4 aromatic rings. The SMILES string of the molecule is Cc1cc(Nc2ncc3c(C)c(-c4ccccc4)c(=O)n(C4CCCCC4)c3n2)ccc1N1CCN(C)CC1. The maximum Gasteiger partial charge on any atom is 0.260 e. The van der Waals surface area contributed by atoms with Gasteiger partial charge in [0.15, 0.2) is 0 Å². The molecule has 0 spiro atoms. The molecule has 1 N–H and O–H groups in total. The van der Waals surface area contributed by atoms with Crippen molar-refractivity contribution in [2.75, 3.05) is 43.4 Å². The Morgan fingerprint density at radius 3 is 2.38 bits per heavy atom. The second-order valence-electron chi connectivity index (χ2n) is 11.2. The van der Waals surface area contributed by atoms with Crippen LogP contribution in [0.4, 0.5) is 17.3 Å². The first-order valence-electron chi connectivity index (χ1n) is 14.3. The van der Waals surface area contributed by atoms with Crippen LogP contribution in [0, 0.1) is 13.8 Å². The van der Waals surface area contributed by atoms with Gasteiger partial charge in [0.2, 0.25) is 5.95 Å². The first-order chi connectivity index (χ1) is 19.0. The number of piperazine rings is 1. The Balaban J connectivity index is 1.39. The van der Waals surface area contributed by atoms with Crippen molar-refractivity contribution in [3.63, 3.8) is 0 Å². The van der Waals surface area contributed by atoms with Gasteiger partial charge < -0.3 is 15.1 Å². The number of rotatable bonds is 5. The van der Waals surface area contributed by atoms with E-state index in [1.807, 2.05) is 48.0 Å². The molecule has 2 aromatic heterocycles. The van der Waals surface area contributed by atoms with Gasteiger partial charge >= 0.3 is 0 Å². The number of anilines is 3. The van der Waals surface area contributed by atoms with Crippen molar-refractivity contribution < 1.29 is 0 Å². The topological polar surface area (TPSA) is 66.3 Å². The van der Waals surface area contributed by atoms with Crippen molar-refractivity contribution in [1.29, 1.82) is 0 Å². The highest BCUT2D eigenvalue weighted by atomic mass is 16.1. The van der Waals surface area contributed by atoms with Crippen molar-refractivity contribution in [1.82, 2.24) is 19.4 Å². The van der Waals surface area contributed by atoms with E-state index in [1.165, 1.54) is 17.7 Å². The summed E-state index contributed by atoms with van der Waals surface area (Å²) in [6, 6.07) is 16.6. The second-order valence-corrected chi connectivity index (χ2v) is 11.2. The molecule has 0 atom stereocenters. The maximum atomic E-state index is 14.1. The van der Waals surface area contributed by atoms with E-state index in [1.54, 1.807) is 0 Å². The summed E-state index contributed by atoms with van der Waals surface area (Å²) in [4.78, 5) is 28.6. The minimum atomic E-state index is 0.0510. The molecule has 1 saturated heterocycles. The van der Waals surface area contributed by atoms with Crippen molar-refractivity contribution in [2.45, 2.75) is 52.0 Å². The standard InChI is InChI=1S/C32H38N6O/c1-22-20-25(14-15-28(22)37-18-16-36(3)17-19-37)34-32-33-21-27-23(2)29(24-10-6-4-7-11-24)31(39)38(30(27)35-32)26-12-8-5-9-13-26/h4,6-7,10-11,14-15,20-21,26H,5,8-9,12-13,16-19H2,1-3H3,(H,33,34,35). The van der Waals surface area contributed by atoms with Crippen LogP contribution in [0.25, 0.3) is 22.2 Å². The fourth-order valence-corrected chi connectivity index (χ4v) is 6.28. The summed E-state index contributed by atoms with van der Waals surface area (Å²) in [7, 11) is 2.18. The molecular weight excluding hydrogens is 484 g/mol. The summed E-state index contributed by atoms with van der Waals surface area (Å²) in [5.41, 5.74) is 6.89. The Kier molecular flexibility index (Phi) is 7.09. The Morgan fingerprint density at radius 2 is 1.67 bits per heavy atom. The molecule has 0 radical (unpaired) electrons. The molecule has 6 rings (SSSR count). The number of hydrogen-bond donors (Lipinski definition) is 1. The number of fused-ring (bicyclic) bond motifs is 1. The van der Waals surface area contributed by atoms with Gasteiger partial charge in [-0.15, -0.1) is 0 Å². The average molecular weight is 523 g/mol. The van der Waals surface area contributed by atoms with E-state index >= 15 is 0 Å². The van der Waals surface area contributed by atoms with E-state index in [9.17, 15) is 4.79 Å². The molecule has 1 saturated carbocycles.